The van der Waals surface area contributed by atoms with Crippen molar-refractivity contribution >= 4 is 0 Å². The molecule has 0 unspecified atom stereocenters. The van der Waals surface area contributed by atoms with Gasteiger partial charge in [0.15, 0.2) is 0 Å². The molecule has 0 heteroatoms. The van der Waals surface area contributed by atoms with Gasteiger partial charge in [0, 0.05) is 0 Å². The summed E-state index contributed by atoms with van der Waals surface area (Å²) in [6.45, 7) is 9.05. The van der Waals surface area contributed by atoms with Crippen molar-refractivity contribution in [2.45, 2.75) is 79.1 Å². The molecule has 0 bridgehead atoms. The lowest BCUT2D eigenvalue weighted by Gasteiger charge is -2.18. The van der Waals surface area contributed by atoms with Gasteiger partial charge in [0.1, 0.15) is 0 Å². The van der Waals surface area contributed by atoms with E-state index >= 15 is 0 Å². The number of hydrogen-bond donors (Lipinski definition) is 0. The Kier molecular flexibility index (Phi) is 9.55. The Morgan fingerprint density at radius 3 is 1.64 bits per heavy atom. The molecule has 0 N–H and O–H groups in total. The van der Waals surface area contributed by atoms with Crippen LogP contribution in [0.1, 0.15) is 79.1 Å². The van der Waals surface area contributed by atoms with Crippen molar-refractivity contribution in [1.29, 1.82) is 0 Å². The minimum absolute atomic E-state index is 0.935. The summed E-state index contributed by atoms with van der Waals surface area (Å²) in [6.07, 6.45) is 11.6. The largest absolute Gasteiger partial charge is 0.0651 e. The van der Waals surface area contributed by atoms with Crippen LogP contribution in [0.5, 0.6) is 0 Å². The third-order valence-corrected chi connectivity index (χ3v) is 3.70. The van der Waals surface area contributed by atoms with Crippen LogP contribution < -0.4 is 0 Å². The van der Waals surface area contributed by atoms with Gasteiger partial charge in [-0.1, -0.05) is 79.1 Å². The maximum Gasteiger partial charge on any atom is -0.0417 e. The average Bonchev–Trinajstić information content (AvgIpc) is 2.30. The van der Waals surface area contributed by atoms with Crippen LogP contribution in [0.3, 0.4) is 0 Å². The smallest absolute Gasteiger partial charge is 0.0417 e. The monoisotopic (exact) mass is 198 g/mol. The second-order valence-electron chi connectivity index (χ2n) is 4.83. The lowest BCUT2D eigenvalue weighted by atomic mass is 9.88. The predicted octanol–water partition coefficient (Wildman–Crippen LogP) is 5.42. The Morgan fingerprint density at radius 2 is 1.43 bits per heavy atom. The summed E-state index contributed by atoms with van der Waals surface area (Å²) in [5.41, 5.74) is 0. The molecule has 0 aliphatic heterocycles. The summed E-state index contributed by atoms with van der Waals surface area (Å²) >= 11 is 0. The highest BCUT2D eigenvalue weighted by molar-refractivity contribution is 4.63. The fourth-order valence-electron chi connectivity index (χ4n) is 1.88. The predicted molar refractivity (Wildman–Crippen MR) is 66.6 cm³/mol. The minimum Gasteiger partial charge on any atom is -0.0651 e. The zero-order valence-electron chi connectivity index (χ0n) is 10.8. The molecule has 1 fully saturated rings. The molecule has 0 amide bonds. The van der Waals surface area contributed by atoms with E-state index < -0.39 is 0 Å². The Morgan fingerprint density at radius 1 is 0.929 bits per heavy atom. The molecule has 0 saturated heterocycles. The first-order chi connectivity index (χ1) is 6.74. The molecule has 1 rings (SSSR count). The molecule has 0 aromatic carbocycles. The molecule has 0 nitrogen and oxygen atoms in total. The van der Waals surface area contributed by atoms with E-state index in [2.05, 4.69) is 27.7 Å². The van der Waals surface area contributed by atoms with E-state index in [1.807, 2.05) is 0 Å². The molecule has 0 aromatic heterocycles. The average molecular weight is 198 g/mol. The maximum absolute atomic E-state index is 2.32. The van der Waals surface area contributed by atoms with E-state index in [9.17, 15) is 0 Å². The zero-order chi connectivity index (χ0) is 10.8. The molecular weight excluding hydrogens is 168 g/mol. The van der Waals surface area contributed by atoms with Crippen LogP contribution in [0.25, 0.3) is 0 Å². The standard InChI is InChI=1S/C8H16.C6H14/c1-2-8-6-4-3-5-7-8;1-4-6(3)5-2/h8H,2-7H2,1H3;6H,4-5H2,1-3H3. The molecule has 0 aromatic rings. The van der Waals surface area contributed by atoms with E-state index in [-0.39, 0.29) is 0 Å². The van der Waals surface area contributed by atoms with Crippen LogP contribution in [0.15, 0.2) is 0 Å². The molecule has 1 saturated carbocycles. The highest BCUT2D eigenvalue weighted by Gasteiger charge is 2.09. The van der Waals surface area contributed by atoms with Crippen LogP contribution >= 0.6 is 0 Å². The van der Waals surface area contributed by atoms with Crippen molar-refractivity contribution in [2.75, 3.05) is 0 Å². The minimum atomic E-state index is 0.935. The van der Waals surface area contributed by atoms with E-state index in [1.54, 1.807) is 0 Å². The first-order valence-corrected chi connectivity index (χ1v) is 6.74. The van der Waals surface area contributed by atoms with Crippen LogP contribution in [0, 0.1) is 11.8 Å². The second-order valence-corrected chi connectivity index (χ2v) is 4.83. The molecule has 86 valence electrons. The summed E-state index contributed by atoms with van der Waals surface area (Å²) in [6, 6.07) is 0. The van der Waals surface area contributed by atoms with Crippen molar-refractivity contribution in [1.82, 2.24) is 0 Å². The second kappa shape index (κ2) is 9.55. The van der Waals surface area contributed by atoms with Crippen LogP contribution in [-0.2, 0) is 0 Å². The Bertz CT molecular complexity index is 96.6. The van der Waals surface area contributed by atoms with Crippen LogP contribution in [0.4, 0.5) is 0 Å². The van der Waals surface area contributed by atoms with Gasteiger partial charge in [-0.2, -0.15) is 0 Å². The fraction of sp³-hybridized carbons (Fsp3) is 1.00. The Balaban J connectivity index is 0.000000255. The van der Waals surface area contributed by atoms with E-state index in [0.29, 0.717) is 0 Å². The fourth-order valence-corrected chi connectivity index (χ4v) is 1.88. The number of rotatable bonds is 3. The van der Waals surface area contributed by atoms with E-state index in [4.69, 9.17) is 0 Å². The Hall–Kier alpha value is 0. The molecular formula is C14H30. The third-order valence-electron chi connectivity index (χ3n) is 3.70. The molecule has 0 radical (unpaired) electrons. The molecule has 0 spiro atoms. The first-order valence-electron chi connectivity index (χ1n) is 6.74. The van der Waals surface area contributed by atoms with Crippen molar-refractivity contribution in [3.05, 3.63) is 0 Å². The third kappa shape index (κ3) is 7.41. The summed E-state index contributed by atoms with van der Waals surface area (Å²) < 4.78 is 0. The van der Waals surface area contributed by atoms with E-state index in [1.165, 1.54) is 51.4 Å². The number of hydrogen-bond acceptors (Lipinski definition) is 0. The van der Waals surface area contributed by atoms with Gasteiger partial charge < -0.3 is 0 Å². The summed E-state index contributed by atoms with van der Waals surface area (Å²) in [4.78, 5) is 0. The molecule has 0 heterocycles. The molecule has 1 aliphatic rings. The van der Waals surface area contributed by atoms with Crippen molar-refractivity contribution in [2.24, 2.45) is 11.8 Å². The lowest BCUT2D eigenvalue weighted by molar-refractivity contribution is 0.349. The van der Waals surface area contributed by atoms with Crippen LogP contribution in [0.2, 0.25) is 0 Å². The topological polar surface area (TPSA) is 0 Å². The SMILES string of the molecule is CCC(C)CC.CCC1CCCCC1. The van der Waals surface area contributed by atoms with Gasteiger partial charge in [0.25, 0.3) is 0 Å². The van der Waals surface area contributed by atoms with Gasteiger partial charge in [-0.25, -0.2) is 0 Å². The van der Waals surface area contributed by atoms with Gasteiger partial charge >= 0.3 is 0 Å². The summed E-state index contributed by atoms with van der Waals surface area (Å²) in [5.74, 6) is 2.02. The molecule has 0 atom stereocenters. The zero-order valence-corrected chi connectivity index (χ0v) is 10.8. The van der Waals surface area contributed by atoms with Crippen molar-refractivity contribution in [3.8, 4) is 0 Å². The maximum atomic E-state index is 2.32. The van der Waals surface area contributed by atoms with Gasteiger partial charge in [-0.15, -0.1) is 0 Å². The van der Waals surface area contributed by atoms with Crippen LogP contribution in [-0.4, -0.2) is 0 Å². The molecule has 14 heavy (non-hydrogen) atoms. The van der Waals surface area contributed by atoms with Crippen molar-refractivity contribution in [3.63, 3.8) is 0 Å². The van der Waals surface area contributed by atoms with Gasteiger partial charge in [0.05, 0.1) is 0 Å². The summed E-state index contributed by atoms with van der Waals surface area (Å²) in [7, 11) is 0. The molecule has 1 aliphatic carbocycles. The van der Waals surface area contributed by atoms with Gasteiger partial charge in [-0.3, -0.25) is 0 Å². The summed E-state index contributed by atoms with van der Waals surface area (Å²) in [5, 5.41) is 0. The van der Waals surface area contributed by atoms with Gasteiger partial charge in [0.2, 0.25) is 0 Å². The van der Waals surface area contributed by atoms with Crippen molar-refractivity contribution < 1.29 is 0 Å². The quantitative estimate of drug-likeness (QED) is 0.568. The Labute approximate surface area is 91.5 Å². The normalized spacial score (nSPS) is 17.8. The first kappa shape index (κ1) is 14.0. The highest BCUT2D eigenvalue weighted by atomic mass is 14.2. The lowest BCUT2D eigenvalue weighted by Crippen LogP contribution is -2.03. The highest BCUT2D eigenvalue weighted by Crippen LogP contribution is 2.25. The van der Waals surface area contributed by atoms with Gasteiger partial charge in [-0.05, 0) is 11.8 Å². The van der Waals surface area contributed by atoms with E-state index in [0.717, 1.165) is 11.8 Å².